The molecule has 0 aliphatic heterocycles. The number of aromatic amines is 1. The monoisotopic (exact) mass is 186 g/mol. The Labute approximate surface area is 72.2 Å². The molecule has 12 heavy (non-hydrogen) atoms. The Bertz CT molecular complexity index is 336. The molecule has 64 valence electrons. The van der Waals surface area contributed by atoms with Crippen LogP contribution in [0.2, 0.25) is 0 Å². The van der Waals surface area contributed by atoms with Gasteiger partial charge in [0.1, 0.15) is 0 Å². The molecule has 6 heteroatoms. The number of hydrogen-bond acceptors (Lipinski definition) is 5. The lowest BCUT2D eigenvalue weighted by molar-refractivity contribution is -0.121. The number of H-pyrrole nitrogens is 1. The third kappa shape index (κ3) is 2.09. The molecule has 1 N–H and O–H groups in total. The molecule has 0 aliphatic carbocycles. The second-order valence-electron chi connectivity index (χ2n) is 1.81. The van der Waals surface area contributed by atoms with E-state index in [1.165, 1.54) is 11.8 Å². The highest BCUT2D eigenvalue weighted by Crippen LogP contribution is 2.09. The highest BCUT2D eigenvalue weighted by atomic mass is 32.2. The molecule has 0 spiro atoms. The molecular formula is C6H6N2O3S. The van der Waals surface area contributed by atoms with Crippen LogP contribution in [0, 0.1) is 0 Å². The summed E-state index contributed by atoms with van der Waals surface area (Å²) in [7, 11) is 0. The van der Waals surface area contributed by atoms with E-state index < -0.39 is 0 Å². The van der Waals surface area contributed by atoms with Gasteiger partial charge in [0, 0.05) is 0 Å². The van der Waals surface area contributed by atoms with E-state index in [-0.39, 0.29) is 17.9 Å². The summed E-state index contributed by atoms with van der Waals surface area (Å²) < 4.78 is 4.40. The number of hydrogen-bond donors (Lipinski definition) is 1. The van der Waals surface area contributed by atoms with Gasteiger partial charge in [-0.15, -0.1) is 0 Å². The first kappa shape index (κ1) is 8.79. The summed E-state index contributed by atoms with van der Waals surface area (Å²) >= 11 is 1.26. The molecule has 0 aliphatic rings. The molecule has 1 aromatic rings. The van der Waals surface area contributed by atoms with Crippen LogP contribution in [-0.2, 0) is 4.79 Å². The normalized spacial score (nSPS) is 9.42. The standard InChI is InChI=1S/C6H6N2O3S/c1-12-6-7-4(10)2-5(8-6)11-3-9/h2-3H,1H3,(H,7,8,10). The fraction of sp³-hybridized carbons (Fsp3) is 0.167. The van der Waals surface area contributed by atoms with Gasteiger partial charge in [0.05, 0.1) is 6.07 Å². The number of rotatable bonds is 3. The maximum absolute atomic E-state index is 10.8. The largest absolute Gasteiger partial charge is 0.409 e. The van der Waals surface area contributed by atoms with E-state index in [0.717, 1.165) is 6.07 Å². The predicted molar refractivity (Wildman–Crippen MR) is 43.3 cm³/mol. The average molecular weight is 186 g/mol. The van der Waals surface area contributed by atoms with Gasteiger partial charge in [0.15, 0.2) is 5.16 Å². The molecule has 1 rings (SSSR count). The number of thioether (sulfide) groups is 1. The van der Waals surface area contributed by atoms with E-state index in [9.17, 15) is 9.59 Å². The van der Waals surface area contributed by atoms with E-state index >= 15 is 0 Å². The Morgan fingerprint density at radius 3 is 3.08 bits per heavy atom. The zero-order valence-electron chi connectivity index (χ0n) is 6.23. The second-order valence-corrected chi connectivity index (χ2v) is 2.60. The van der Waals surface area contributed by atoms with Crippen molar-refractivity contribution in [1.82, 2.24) is 9.97 Å². The lowest BCUT2D eigenvalue weighted by Crippen LogP contribution is -2.08. The molecule has 0 fully saturated rings. The van der Waals surface area contributed by atoms with Crippen molar-refractivity contribution in [2.24, 2.45) is 0 Å². The van der Waals surface area contributed by atoms with Crippen molar-refractivity contribution in [2.45, 2.75) is 5.16 Å². The van der Waals surface area contributed by atoms with Gasteiger partial charge in [0.2, 0.25) is 5.88 Å². The van der Waals surface area contributed by atoms with Crippen LogP contribution in [-0.4, -0.2) is 22.7 Å². The molecule has 0 amide bonds. The Balaban J connectivity index is 3.05. The third-order valence-corrected chi connectivity index (χ3v) is 1.64. The minimum atomic E-state index is -0.341. The van der Waals surface area contributed by atoms with Crippen molar-refractivity contribution < 1.29 is 9.53 Å². The first-order valence-corrected chi connectivity index (χ1v) is 4.24. The summed E-state index contributed by atoms with van der Waals surface area (Å²) in [5.41, 5.74) is -0.341. The predicted octanol–water partition coefficient (Wildman–Crippen LogP) is 0.0270. The number of carbonyl (C=O) groups is 1. The van der Waals surface area contributed by atoms with E-state index in [4.69, 9.17) is 0 Å². The van der Waals surface area contributed by atoms with Gasteiger partial charge >= 0.3 is 0 Å². The third-order valence-electron chi connectivity index (χ3n) is 1.06. The molecule has 0 bridgehead atoms. The van der Waals surface area contributed by atoms with Gasteiger partial charge in [-0.05, 0) is 6.26 Å². The molecule has 5 nitrogen and oxygen atoms in total. The fourth-order valence-corrected chi connectivity index (χ4v) is 1.00. The van der Waals surface area contributed by atoms with Crippen LogP contribution in [0.1, 0.15) is 0 Å². The van der Waals surface area contributed by atoms with Gasteiger partial charge in [-0.3, -0.25) is 9.59 Å². The smallest absolute Gasteiger partial charge is 0.299 e. The molecule has 0 aromatic carbocycles. The molecule has 0 unspecified atom stereocenters. The van der Waals surface area contributed by atoms with Gasteiger partial charge in [-0.2, -0.15) is 4.98 Å². The van der Waals surface area contributed by atoms with Gasteiger partial charge in [0.25, 0.3) is 12.0 Å². The molecule has 0 saturated carbocycles. The molecule has 1 aromatic heterocycles. The van der Waals surface area contributed by atoms with Crippen molar-refractivity contribution in [1.29, 1.82) is 0 Å². The van der Waals surface area contributed by atoms with Crippen LogP contribution in [0.4, 0.5) is 0 Å². The van der Waals surface area contributed by atoms with Crippen molar-refractivity contribution in [3.8, 4) is 5.88 Å². The SMILES string of the molecule is CSc1nc(OC=O)cc(=O)[nH]1. The van der Waals surface area contributed by atoms with E-state index in [1.807, 2.05) is 0 Å². The Morgan fingerprint density at radius 1 is 1.75 bits per heavy atom. The number of ether oxygens (including phenoxy) is 1. The highest BCUT2D eigenvalue weighted by molar-refractivity contribution is 7.98. The molecule has 0 atom stereocenters. The van der Waals surface area contributed by atoms with Crippen LogP contribution in [0.5, 0.6) is 5.88 Å². The highest BCUT2D eigenvalue weighted by Gasteiger charge is 1.99. The molecule has 1 heterocycles. The summed E-state index contributed by atoms with van der Waals surface area (Å²) in [6.07, 6.45) is 1.75. The van der Waals surface area contributed by atoms with Crippen molar-refractivity contribution in [2.75, 3.05) is 6.26 Å². The Kier molecular flexibility index (Phi) is 2.87. The maximum Gasteiger partial charge on any atom is 0.299 e. The summed E-state index contributed by atoms with van der Waals surface area (Å²) in [6.45, 7) is 0.228. The first-order valence-electron chi connectivity index (χ1n) is 3.02. The van der Waals surface area contributed by atoms with E-state index in [2.05, 4.69) is 14.7 Å². The Hall–Kier alpha value is -1.30. The van der Waals surface area contributed by atoms with Crippen LogP contribution in [0.15, 0.2) is 16.0 Å². The summed E-state index contributed by atoms with van der Waals surface area (Å²) in [6, 6.07) is 1.11. The second kappa shape index (κ2) is 3.91. The minimum absolute atomic E-state index is 0.0121. The van der Waals surface area contributed by atoms with Crippen LogP contribution >= 0.6 is 11.8 Å². The summed E-state index contributed by atoms with van der Waals surface area (Å²) in [4.78, 5) is 27.0. The van der Waals surface area contributed by atoms with Crippen molar-refractivity contribution in [3.63, 3.8) is 0 Å². The molecule has 0 saturated heterocycles. The van der Waals surface area contributed by atoms with E-state index in [0.29, 0.717) is 5.16 Å². The minimum Gasteiger partial charge on any atom is -0.409 e. The van der Waals surface area contributed by atoms with Crippen molar-refractivity contribution in [3.05, 3.63) is 16.4 Å². The van der Waals surface area contributed by atoms with E-state index in [1.54, 1.807) is 6.26 Å². The Morgan fingerprint density at radius 2 is 2.50 bits per heavy atom. The van der Waals surface area contributed by atoms with Gasteiger partial charge in [-0.25, -0.2) is 0 Å². The average Bonchev–Trinajstić information content (AvgIpc) is 2.04. The topological polar surface area (TPSA) is 72.0 Å². The lowest BCUT2D eigenvalue weighted by Gasteiger charge is -1.97. The summed E-state index contributed by atoms with van der Waals surface area (Å²) in [5.74, 6) is 0.0121. The lowest BCUT2D eigenvalue weighted by atomic mass is 10.6. The first-order chi connectivity index (χ1) is 5.76. The maximum atomic E-state index is 10.8. The fourth-order valence-electron chi connectivity index (χ4n) is 0.620. The number of nitrogens with one attached hydrogen (secondary N) is 1. The van der Waals surface area contributed by atoms with Gasteiger partial charge < -0.3 is 9.72 Å². The van der Waals surface area contributed by atoms with Crippen LogP contribution < -0.4 is 10.3 Å². The summed E-state index contributed by atoms with van der Waals surface area (Å²) in [5, 5.41) is 0.416. The van der Waals surface area contributed by atoms with Crippen LogP contribution in [0.25, 0.3) is 0 Å². The zero-order valence-corrected chi connectivity index (χ0v) is 7.05. The molecular weight excluding hydrogens is 180 g/mol. The number of aromatic nitrogens is 2. The number of carbonyl (C=O) groups excluding carboxylic acids is 1. The van der Waals surface area contributed by atoms with Crippen molar-refractivity contribution >= 4 is 18.2 Å². The molecule has 0 radical (unpaired) electrons. The number of nitrogens with zero attached hydrogens (tertiary/aromatic N) is 1. The van der Waals surface area contributed by atoms with Gasteiger partial charge in [-0.1, -0.05) is 11.8 Å². The zero-order chi connectivity index (χ0) is 8.97. The quantitative estimate of drug-likeness (QED) is 0.409. The van der Waals surface area contributed by atoms with Crippen LogP contribution in [0.3, 0.4) is 0 Å².